The van der Waals surface area contributed by atoms with E-state index in [-0.39, 0.29) is 12.0 Å². The van der Waals surface area contributed by atoms with Crippen LogP contribution in [0.4, 0.5) is 5.69 Å². The van der Waals surface area contributed by atoms with E-state index in [0.29, 0.717) is 0 Å². The summed E-state index contributed by atoms with van der Waals surface area (Å²) in [6.45, 7) is 4.55. The summed E-state index contributed by atoms with van der Waals surface area (Å²) in [6.07, 6.45) is 0.239. The number of sulfonamides is 1. The molecule has 108 valence electrons. The van der Waals surface area contributed by atoms with E-state index >= 15 is 0 Å². The van der Waals surface area contributed by atoms with Gasteiger partial charge in [0, 0.05) is 6.07 Å². The second-order valence-corrected chi connectivity index (χ2v) is 6.20. The maximum atomic E-state index is 12.3. The van der Waals surface area contributed by atoms with Crippen molar-refractivity contribution in [1.29, 1.82) is 5.26 Å². The van der Waals surface area contributed by atoms with Crippen molar-refractivity contribution in [3.05, 3.63) is 33.9 Å². The second-order valence-electron chi connectivity index (χ2n) is 4.58. The summed E-state index contributed by atoms with van der Waals surface area (Å²) >= 11 is 0. The first-order chi connectivity index (χ1) is 9.17. The Morgan fingerprint density at radius 3 is 2.55 bits per heavy atom. The van der Waals surface area contributed by atoms with Gasteiger partial charge in [0.05, 0.1) is 11.0 Å². The van der Waals surface area contributed by atoms with E-state index in [0.717, 1.165) is 6.07 Å². The zero-order valence-electron chi connectivity index (χ0n) is 11.4. The Labute approximate surface area is 117 Å². The minimum absolute atomic E-state index is 0.239. The molecule has 1 N–H and O–H groups in total. The van der Waals surface area contributed by atoms with Gasteiger partial charge in [0.25, 0.3) is 5.69 Å². The fourth-order valence-electron chi connectivity index (χ4n) is 1.65. The molecule has 1 aromatic carbocycles. The van der Waals surface area contributed by atoms with E-state index in [1.165, 1.54) is 26.0 Å². The van der Waals surface area contributed by atoms with Gasteiger partial charge in [-0.15, -0.1) is 0 Å². The lowest BCUT2D eigenvalue weighted by molar-refractivity contribution is -0.387. The molecule has 1 atom stereocenters. The number of nitrogens with zero attached hydrogens (tertiary/aromatic N) is 2. The second kappa shape index (κ2) is 5.56. The van der Waals surface area contributed by atoms with Crippen molar-refractivity contribution in [1.82, 2.24) is 4.72 Å². The van der Waals surface area contributed by atoms with Crippen LogP contribution in [0.1, 0.15) is 25.8 Å². The van der Waals surface area contributed by atoms with Crippen molar-refractivity contribution in [3.63, 3.8) is 0 Å². The largest absolute Gasteiger partial charge is 0.289 e. The van der Waals surface area contributed by atoms with Gasteiger partial charge in [0.1, 0.15) is 5.54 Å². The van der Waals surface area contributed by atoms with Crippen LogP contribution in [0, 0.1) is 28.4 Å². The summed E-state index contributed by atoms with van der Waals surface area (Å²) in [5, 5.41) is 20.0. The molecule has 0 aromatic heterocycles. The highest BCUT2D eigenvalue weighted by Crippen LogP contribution is 2.28. The van der Waals surface area contributed by atoms with Crippen LogP contribution >= 0.6 is 0 Å². The van der Waals surface area contributed by atoms with E-state index < -0.39 is 31.1 Å². The predicted molar refractivity (Wildman–Crippen MR) is 72.5 cm³/mol. The SMILES string of the molecule is CCC(C)(C#N)NS(=O)(=O)c1c(C)cccc1[N+](=O)[O-]. The van der Waals surface area contributed by atoms with Gasteiger partial charge in [-0.2, -0.15) is 9.98 Å². The molecule has 8 heteroatoms. The molecule has 7 nitrogen and oxygen atoms in total. The smallest absolute Gasteiger partial charge is 0.258 e. The van der Waals surface area contributed by atoms with Gasteiger partial charge >= 0.3 is 0 Å². The number of rotatable bonds is 5. The highest BCUT2D eigenvalue weighted by atomic mass is 32.2. The van der Waals surface area contributed by atoms with Crippen LogP contribution in [0.15, 0.2) is 23.1 Å². The zero-order valence-corrected chi connectivity index (χ0v) is 12.2. The molecular weight excluding hydrogens is 282 g/mol. The Bertz CT molecular complexity index is 678. The molecule has 0 aliphatic heterocycles. The molecule has 0 saturated carbocycles. The third-order valence-corrected chi connectivity index (χ3v) is 4.76. The number of hydrogen-bond acceptors (Lipinski definition) is 5. The van der Waals surface area contributed by atoms with Crippen LogP contribution in [0.2, 0.25) is 0 Å². The molecule has 0 saturated heterocycles. The Morgan fingerprint density at radius 2 is 2.10 bits per heavy atom. The molecule has 0 spiro atoms. The number of aryl methyl sites for hydroxylation is 1. The molecule has 1 unspecified atom stereocenters. The van der Waals surface area contributed by atoms with Gasteiger partial charge in [0.2, 0.25) is 10.0 Å². The van der Waals surface area contributed by atoms with Crippen molar-refractivity contribution in [2.24, 2.45) is 0 Å². The topological polar surface area (TPSA) is 113 Å². The van der Waals surface area contributed by atoms with Crippen molar-refractivity contribution < 1.29 is 13.3 Å². The average Bonchev–Trinajstić information content (AvgIpc) is 2.37. The third kappa shape index (κ3) is 3.12. The summed E-state index contributed by atoms with van der Waals surface area (Å²) in [4.78, 5) is 9.82. The summed E-state index contributed by atoms with van der Waals surface area (Å²) < 4.78 is 26.9. The maximum Gasteiger partial charge on any atom is 0.289 e. The van der Waals surface area contributed by atoms with Gasteiger partial charge in [-0.05, 0) is 25.8 Å². The van der Waals surface area contributed by atoms with Crippen LogP contribution < -0.4 is 4.72 Å². The lowest BCUT2D eigenvalue weighted by Gasteiger charge is -2.21. The normalized spacial score (nSPS) is 14.3. The van der Waals surface area contributed by atoms with Gasteiger partial charge in [-0.1, -0.05) is 19.1 Å². The lowest BCUT2D eigenvalue weighted by atomic mass is 10.0. The molecule has 0 fully saturated rings. The summed E-state index contributed by atoms with van der Waals surface area (Å²) in [7, 11) is -4.16. The minimum Gasteiger partial charge on any atom is -0.258 e. The number of benzene rings is 1. The fourth-order valence-corrected chi connectivity index (χ4v) is 3.45. The number of nitro groups is 1. The number of nitriles is 1. The first-order valence-corrected chi connectivity index (χ1v) is 7.34. The van der Waals surface area contributed by atoms with Gasteiger partial charge < -0.3 is 0 Å². The van der Waals surface area contributed by atoms with Crippen LogP contribution in [0.3, 0.4) is 0 Å². The molecule has 0 aliphatic rings. The summed E-state index contributed by atoms with van der Waals surface area (Å²) in [5.41, 5.74) is -1.56. The van der Waals surface area contributed by atoms with Crippen molar-refractivity contribution in [3.8, 4) is 6.07 Å². The molecule has 0 radical (unpaired) electrons. The first-order valence-electron chi connectivity index (χ1n) is 5.86. The zero-order chi connectivity index (χ0) is 15.6. The Kier molecular flexibility index (Phi) is 4.47. The van der Waals surface area contributed by atoms with Crippen molar-refractivity contribution in [2.45, 2.75) is 37.6 Å². The number of hydrogen-bond donors (Lipinski definition) is 1. The van der Waals surface area contributed by atoms with Crippen LogP contribution in [0.25, 0.3) is 0 Å². The van der Waals surface area contributed by atoms with Crippen LogP contribution in [-0.4, -0.2) is 18.9 Å². The quantitative estimate of drug-likeness (QED) is 0.658. The molecule has 1 aromatic rings. The summed E-state index contributed by atoms with van der Waals surface area (Å²) in [5.74, 6) is 0. The van der Waals surface area contributed by atoms with Crippen LogP contribution in [-0.2, 0) is 10.0 Å². The minimum atomic E-state index is -4.16. The molecule has 0 aliphatic carbocycles. The Hall–Kier alpha value is -1.98. The van der Waals surface area contributed by atoms with Crippen LogP contribution in [0.5, 0.6) is 0 Å². The van der Waals surface area contributed by atoms with E-state index in [1.807, 2.05) is 6.07 Å². The molecule has 0 amide bonds. The standard InChI is InChI=1S/C12H15N3O4S/c1-4-12(3,8-13)14-20(18,19)11-9(2)6-5-7-10(11)15(16)17/h5-7,14H,4H2,1-3H3. The van der Waals surface area contributed by atoms with Crippen molar-refractivity contribution in [2.75, 3.05) is 0 Å². The summed E-state index contributed by atoms with van der Waals surface area (Å²) in [6, 6.07) is 5.87. The molecule has 0 bridgehead atoms. The highest BCUT2D eigenvalue weighted by Gasteiger charge is 2.34. The van der Waals surface area contributed by atoms with Gasteiger partial charge in [-0.25, -0.2) is 8.42 Å². The Balaban J connectivity index is 3.45. The average molecular weight is 297 g/mol. The number of nitrogens with one attached hydrogen (secondary N) is 1. The Morgan fingerprint density at radius 1 is 1.50 bits per heavy atom. The monoisotopic (exact) mass is 297 g/mol. The molecular formula is C12H15N3O4S. The van der Waals surface area contributed by atoms with E-state index in [1.54, 1.807) is 6.92 Å². The van der Waals surface area contributed by atoms with Gasteiger partial charge in [-0.3, -0.25) is 10.1 Å². The van der Waals surface area contributed by atoms with E-state index in [4.69, 9.17) is 5.26 Å². The maximum absolute atomic E-state index is 12.3. The van der Waals surface area contributed by atoms with Gasteiger partial charge in [0.15, 0.2) is 4.90 Å². The third-order valence-electron chi connectivity index (χ3n) is 2.97. The predicted octanol–water partition coefficient (Wildman–Crippen LogP) is 1.87. The van der Waals surface area contributed by atoms with E-state index in [2.05, 4.69) is 4.72 Å². The first kappa shape index (κ1) is 16.1. The molecule has 0 heterocycles. The van der Waals surface area contributed by atoms with Crippen molar-refractivity contribution >= 4 is 15.7 Å². The fraction of sp³-hybridized carbons (Fsp3) is 0.417. The molecule has 1 rings (SSSR count). The van der Waals surface area contributed by atoms with E-state index in [9.17, 15) is 18.5 Å². The lowest BCUT2D eigenvalue weighted by Crippen LogP contribution is -2.44. The highest BCUT2D eigenvalue weighted by molar-refractivity contribution is 7.89. The number of nitro benzene ring substituents is 1. The molecule has 20 heavy (non-hydrogen) atoms.